The monoisotopic (exact) mass is 250 g/mol. The van der Waals surface area contributed by atoms with Crippen molar-refractivity contribution < 1.29 is 4.39 Å². The number of thiazole rings is 1. The van der Waals surface area contributed by atoms with E-state index in [-0.39, 0.29) is 5.82 Å². The average Bonchev–Trinajstić information content (AvgIpc) is 2.72. The van der Waals surface area contributed by atoms with Gasteiger partial charge >= 0.3 is 0 Å². The van der Waals surface area contributed by atoms with Gasteiger partial charge in [0.1, 0.15) is 5.82 Å². The van der Waals surface area contributed by atoms with Crippen molar-refractivity contribution >= 4 is 21.6 Å². The van der Waals surface area contributed by atoms with Crippen molar-refractivity contribution in [1.29, 1.82) is 0 Å². The third-order valence-electron chi connectivity index (χ3n) is 3.43. The van der Waals surface area contributed by atoms with Crippen LogP contribution in [0.15, 0.2) is 18.2 Å². The summed E-state index contributed by atoms with van der Waals surface area (Å²) in [6, 6.07) is 5.13. The van der Waals surface area contributed by atoms with E-state index < -0.39 is 0 Å². The third-order valence-corrected chi connectivity index (χ3v) is 4.63. The molecule has 1 aliphatic carbocycles. The molecule has 1 aromatic heterocycles. The maximum Gasteiger partial charge on any atom is 0.125 e. The van der Waals surface area contributed by atoms with Crippen molar-refractivity contribution in [2.24, 2.45) is 5.73 Å². The fourth-order valence-electron chi connectivity index (χ4n) is 2.54. The molecule has 2 N–H and O–H groups in total. The maximum absolute atomic E-state index is 13.1. The molecule has 3 rings (SSSR count). The topological polar surface area (TPSA) is 38.9 Å². The van der Waals surface area contributed by atoms with Crippen LogP contribution in [0.5, 0.6) is 0 Å². The van der Waals surface area contributed by atoms with Gasteiger partial charge in [-0.25, -0.2) is 9.37 Å². The van der Waals surface area contributed by atoms with Crippen molar-refractivity contribution in [3.05, 3.63) is 29.0 Å². The van der Waals surface area contributed by atoms with E-state index in [2.05, 4.69) is 4.98 Å². The van der Waals surface area contributed by atoms with Crippen LogP contribution in [0.25, 0.3) is 10.2 Å². The number of hydrogen-bond acceptors (Lipinski definition) is 3. The summed E-state index contributed by atoms with van der Waals surface area (Å²) in [4.78, 5) is 4.55. The molecule has 2 nitrogen and oxygen atoms in total. The molecular formula is C13H15FN2S. The van der Waals surface area contributed by atoms with Crippen molar-refractivity contribution in [2.45, 2.75) is 37.6 Å². The molecule has 4 heteroatoms. The van der Waals surface area contributed by atoms with Crippen molar-refractivity contribution in [3.63, 3.8) is 0 Å². The lowest BCUT2D eigenvalue weighted by atomic mass is 9.87. The van der Waals surface area contributed by atoms with E-state index in [1.165, 1.54) is 18.6 Å². The standard InChI is InChI=1S/C13H15FN2S/c14-9-4-5-12-11(7-9)16-13(17-12)8-2-1-3-10(15)6-8/h4-5,7-8,10H,1-3,6,15H2. The van der Waals surface area contributed by atoms with Crippen LogP contribution in [-0.4, -0.2) is 11.0 Å². The summed E-state index contributed by atoms with van der Waals surface area (Å²) in [5, 5.41) is 1.13. The summed E-state index contributed by atoms with van der Waals surface area (Å²) in [5.41, 5.74) is 6.78. The summed E-state index contributed by atoms with van der Waals surface area (Å²) in [6.45, 7) is 0. The van der Waals surface area contributed by atoms with Crippen LogP contribution < -0.4 is 5.73 Å². The normalized spacial score (nSPS) is 25.3. The summed E-state index contributed by atoms with van der Waals surface area (Å²) >= 11 is 1.68. The first kappa shape index (κ1) is 11.1. The van der Waals surface area contributed by atoms with Gasteiger partial charge in [0.15, 0.2) is 0 Å². The lowest BCUT2D eigenvalue weighted by Crippen LogP contribution is -2.26. The highest BCUT2D eigenvalue weighted by Crippen LogP contribution is 2.36. The van der Waals surface area contributed by atoms with Crippen LogP contribution >= 0.6 is 11.3 Å². The van der Waals surface area contributed by atoms with E-state index in [0.717, 1.165) is 34.5 Å². The van der Waals surface area contributed by atoms with E-state index in [1.54, 1.807) is 11.3 Å². The minimum absolute atomic E-state index is 0.213. The molecule has 1 aliphatic rings. The number of hydrogen-bond donors (Lipinski definition) is 1. The highest BCUT2D eigenvalue weighted by molar-refractivity contribution is 7.18. The SMILES string of the molecule is NC1CCCC(c2nc3cc(F)ccc3s2)C1. The first-order valence-electron chi connectivity index (χ1n) is 6.04. The number of nitrogens with zero attached hydrogens (tertiary/aromatic N) is 1. The summed E-state index contributed by atoms with van der Waals surface area (Å²) in [5.74, 6) is 0.258. The molecule has 17 heavy (non-hydrogen) atoms. The molecule has 0 aliphatic heterocycles. The number of fused-ring (bicyclic) bond motifs is 1. The zero-order valence-electron chi connectivity index (χ0n) is 9.53. The average molecular weight is 250 g/mol. The van der Waals surface area contributed by atoms with Gasteiger partial charge in [-0.1, -0.05) is 6.42 Å². The van der Waals surface area contributed by atoms with Crippen molar-refractivity contribution in [1.82, 2.24) is 4.98 Å². The van der Waals surface area contributed by atoms with Gasteiger partial charge < -0.3 is 5.73 Å². The van der Waals surface area contributed by atoms with Gasteiger partial charge in [-0.2, -0.15) is 0 Å². The van der Waals surface area contributed by atoms with Crippen LogP contribution in [0.1, 0.15) is 36.6 Å². The smallest absolute Gasteiger partial charge is 0.125 e. The zero-order valence-corrected chi connectivity index (χ0v) is 10.3. The number of aromatic nitrogens is 1. The van der Waals surface area contributed by atoms with E-state index in [0.29, 0.717) is 12.0 Å². The van der Waals surface area contributed by atoms with Crippen LogP contribution in [0.4, 0.5) is 4.39 Å². The second kappa shape index (κ2) is 4.35. The van der Waals surface area contributed by atoms with Gasteiger partial charge in [0.25, 0.3) is 0 Å². The van der Waals surface area contributed by atoms with Crippen LogP contribution in [0.2, 0.25) is 0 Å². The van der Waals surface area contributed by atoms with E-state index in [1.807, 2.05) is 6.07 Å². The van der Waals surface area contributed by atoms with Gasteiger partial charge in [0, 0.05) is 18.0 Å². The van der Waals surface area contributed by atoms with Gasteiger partial charge in [-0.15, -0.1) is 11.3 Å². The molecule has 0 spiro atoms. The molecular weight excluding hydrogens is 235 g/mol. The Bertz CT molecular complexity index is 537. The van der Waals surface area contributed by atoms with Gasteiger partial charge in [0.05, 0.1) is 15.2 Å². The molecule has 1 fully saturated rings. The number of halogens is 1. The molecule has 0 amide bonds. The molecule has 2 aromatic rings. The maximum atomic E-state index is 13.1. The fraction of sp³-hybridized carbons (Fsp3) is 0.462. The van der Waals surface area contributed by atoms with Gasteiger partial charge in [0.2, 0.25) is 0 Å². The largest absolute Gasteiger partial charge is 0.328 e. The lowest BCUT2D eigenvalue weighted by molar-refractivity contribution is 0.393. The van der Waals surface area contributed by atoms with Crippen LogP contribution in [0, 0.1) is 5.82 Å². The van der Waals surface area contributed by atoms with Crippen LogP contribution in [-0.2, 0) is 0 Å². The molecule has 0 saturated heterocycles. The van der Waals surface area contributed by atoms with Crippen molar-refractivity contribution in [3.8, 4) is 0 Å². The molecule has 90 valence electrons. The van der Waals surface area contributed by atoms with E-state index in [9.17, 15) is 4.39 Å². The second-order valence-corrected chi connectivity index (χ2v) is 5.85. The Labute approximate surface area is 104 Å². The Morgan fingerprint density at radius 2 is 2.24 bits per heavy atom. The van der Waals surface area contributed by atoms with Gasteiger partial charge in [-0.3, -0.25) is 0 Å². The fourth-order valence-corrected chi connectivity index (χ4v) is 3.64. The minimum atomic E-state index is -0.213. The Morgan fingerprint density at radius 3 is 3.06 bits per heavy atom. The third kappa shape index (κ3) is 2.19. The van der Waals surface area contributed by atoms with Crippen LogP contribution in [0.3, 0.4) is 0 Å². The number of rotatable bonds is 1. The zero-order chi connectivity index (χ0) is 11.8. The summed E-state index contributed by atoms with van der Waals surface area (Å²) in [6.07, 6.45) is 4.48. The first-order valence-corrected chi connectivity index (χ1v) is 6.85. The molecule has 1 heterocycles. The molecule has 2 atom stereocenters. The summed E-state index contributed by atoms with van der Waals surface area (Å²) < 4.78 is 14.2. The molecule has 1 aromatic carbocycles. The predicted octanol–water partition coefficient (Wildman–Crippen LogP) is 3.42. The van der Waals surface area contributed by atoms with Gasteiger partial charge in [-0.05, 0) is 31.4 Å². The first-order chi connectivity index (χ1) is 8.22. The molecule has 0 radical (unpaired) electrons. The Hall–Kier alpha value is -1.00. The Kier molecular flexibility index (Phi) is 2.84. The van der Waals surface area contributed by atoms with E-state index >= 15 is 0 Å². The number of benzene rings is 1. The Morgan fingerprint density at radius 1 is 1.35 bits per heavy atom. The molecule has 1 saturated carbocycles. The quantitative estimate of drug-likeness (QED) is 0.842. The second-order valence-electron chi connectivity index (χ2n) is 4.79. The summed E-state index contributed by atoms with van der Waals surface area (Å²) in [7, 11) is 0. The van der Waals surface area contributed by atoms with E-state index in [4.69, 9.17) is 5.73 Å². The minimum Gasteiger partial charge on any atom is -0.328 e. The van der Waals surface area contributed by atoms with Crippen molar-refractivity contribution in [2.75, 3.05) is 0 Å². The molecule has 0 bridgehead atoms. The highest BCUT2D eigenvalue weighted by atomic mass is 32.1. The lowest BCUT2D eigenvalue weighted by Gasteiger charge is -2.24. The predicted molar refractivity (Wildman–Crippen MR) is 68.8 cm³/mol. The highest BCUT2D eigenvalue weighted by Gasteiger charge is 2.23. The number of nitrogens with two attached hydrogens (primary N) is 1. The molecule has 2 unspecified atom stereocenters. The Balaban J connectivity index is 1.94.